The van der Waals surface area contributed by atoms with Crippen molar-refractivity contribution in [2.24, 2.45) is 4.99 Å². The Bertz CT molecular complexity index is 1420. The molecule has 31 heavy (non-hydrogen) atoms. The highest BCUT2D eigenvalue weighted by Crippen LogP contribution is 2.39. The van der Waals surface area contributed by atoms with E-state index in [0.29, 0.717) is 28.6 Å². The molecule has 0 saturated heterocycles. The summed E-state index contributed by atoms with van der Waals surface area (Å²) in [5.41, 5.74) is 2.79. The Morgan fingerprint density at radius 1 is 1.00 bits per heavy atom. The monoisotopic (exact) mass is 410 g/mol. The zero-order chi connectivity index (χ0) is 22.6. The predicted molar refractivity (Wildman–Crippen MR) is 119 cm³/mol. The van der Waals surface area contributed by atoms with Crippen molar-refractivity contribution in [2.75, 3.05) is 0 Å². The Labute approximate surface area is 182 Å². The Balaban J connectivity index is 1.30. The van der Waals surface area contributed by atoms with E-state index in [4.69, 9.17) is 17.2 Å². The molecule has 0 unspecified atom stereocenters. The van der Waals surface area contributed by atoms with E-state index in [1.807, 2.05) is 60.7 Å². The lowest BCUT2D eigenvalue weighted by molar-refractivity contribution is 0.174. The van der Waals surface area contributed by atoms with E-state index >= 15 is 0 Å². The summed E-state index contributed by atoms with van der Waals surface area (Å²) in [6, 6.07) is 23.5. The lowest BCUT2D eigenvalue weighted by Gasteiger charge is -2.25. The van der Waals surface area contributed by atoms with Crippen molar-refractivity contribution in [3.8, 4) is 17.4 Å². The average Bonchev–Trinajstić information content (AvgIpc) is 3.23. The summed E-state index contributed by atoms with van der Waals surface area (Å²) in [6.07, 6.45) is -1.55. The lowest BCUT2D eigenvalue weighted by atomic mass is 9.86. The molecule has 0 amide bonds. The van der Waals surface area contributed by atoms with Gasteiger partial charge in [-0.3, -0.25) is 0 Å². The maximum absolute atomic E-state index is 10.1. The van der Waals surface area contributed by atoms with E-state index in [0.717, 1.165) is 16.5 Å². The van der Waals surface area contributed by atoms with Gasteiger partial charge in [0.05, 0.1) is 0 Å². The molecule has 1 aliphatic heterocycles. The van der Waals surface area contributed by atoms with E-state index in [1.54, 1.807) is 18.2 Å². The van der Waals surface area contributed by atoms with E-state index < -0.39 is 6.37 Å². The van der Waals surface area contributed by atoms with Crippen LogP contribution in [0.2, 0.25) is 0 Å². The fraction of sp³-hybridized carbons (Fsp3) is 0.154. The molecule has 0 bridgehead atoms. The summed E-state index contributed by atoms with van der Waals surface area (Å²) in [5, 5.41) is 10.9. The third kappa shape index (κ3) is 3.19. The molecule has 1 N–H and O–H groups in total. The van der Waals surface area contributed by atoms with Crippen LogP contribution < -0.4 is 4.74 Å². The average molecular weight is 410 g/mol. The standard InChI is InChI=1S/C26H20N2O3/c29-21-10-4-6-17-12-14-23(27-24(17)21)30-19-8-3-7-18(15-19)26-28-25-20-9-2-1-5-16(20)11-13-22(25)31-26/h1-10,12,14-15,22,25,29H,11,13H2/t22-,25-/m0/s1/i11D2. The van der Waals surface area contributed by atoms with Gasteiger partial charge in [0.15, 0.2) is 0 Å². The molecular weight excluding hydrogens is 388 g/mol. The molecule has 1 aliphatic carbocycles. The van der Waals surface area contributed by atoms with E-state index in [9.17, 15) is 5.11 Å². The number of para-hydroxylation sites is 1. The van der Waals surface area contributed by atoms with Crippen LogP contribution in [0.1, 0.15) is 31.9 Å². The van der Waals surface area contributed by atoms with Crippen LogP contribution in [0.5, 0.6) is 17.4 Å². The first-order valence-electron chi connectivity index (χ1n) is 11.2. The third-order valence-corrected chi connectivity index (χ3v) is 5.62. The zero-order valence-electron chi connectivity index (χ0n) is 18.5. The number of pyridine rings is 1. The number of nitrogens with zero attached hydrogens (tertiary/aromatic N) is 2. The number of hydrogen-bond acceptors (Lipinski definition) is 5. The Morgan fingerprint density at radius 3 is 2.87 bits per heavy atom. The number of aryl methyl sites for hydroxylation is 1. The van der Waals surface area contributed by atoms with Crippen LogP contribution in [-0.2, 0) is 11.1 Å². The lowest BCUT2D eigenvalue weighted by Crippen LogP contribution is -2.23. The first-order valence-corrected chi connectivity index (χ1v) is 10.2. The van der Waals surface area contributed by atoms with Gasteiger partial charge in [0.25, 0.3) is 0 Å². The van der Waals surface area contributed by atoms with Gasteiger partial charge in [0.1, 0.15) is 29.2 Å². The molecule has 0 spiro atoms. The zero-order valence-corrected chi connectivity index (χ0v) is 16.5. The highest BCUT2D eigenvalue weighted by atomic mass is 16.5. The van der Waals surface area contributed by atoms with Gasteiger partial charge in [-0.25, -0.2) is 9.98 Å². The molecule has 2 aliphatic rings. The number of phenolic OH excluding ortho intramolecular Hbond substituents is 1. The Kier molecular flexibility index (Phi) is 3.66. The number of rotatable bonds is 3. The number of hydrogen-bond donors (Lipinski definition) is 1. The maximum atomic E-state index is 10.1. The number of fused-ring (bicyclic) bond motifs is 4. The number of aliphatic imine (C=N–C) groups is 1. The summed E-state index contributed by atoms with van der Waals surface area (Å²) in [4.78, 5) is 9.23. The van der Waals surface area contributed by atoms with Gasteiger partial charge in [0, 0.05) is 19.8 Å². The van der Waals surface area contributed by atoms with Crippen LogP contribution in [0.4, 0.5) is 0 Å². The molecule has 4 aromatic rings. The molecular formula is C26H20N2O3. The quantitative estimate of drug-likeness (QED) is 0.480. The molecule has 6 rings (SSSR count). The van der Waals surface area contributed by atoms with Gasteiger partial charge in [-0.15, -0.1) is 0 Å². The minimum absolute atomic E-state index is 0.100. The van der Waals surface area contributed by atoms with E-state index in [-0.39, 0.29) is 24.3 Å². The van der Waals surface area contributed by atoms with E-state index in [1.165, 1.54) is 0 Å². The van der Waals surface area contributed by atoms with E-state index in [2.05, 4.69) is 4.98 Å². The van der Waals surface area contributed by atoms with Crippen LogP contribution in [0.25, 0.3) is 10.9 Å². The van der Waals surface area contributed by atoms with Crippen molar-refractivity contribution in [3.05, 3.63) is 95.6 Å². The van der Waals surface area contributed by atoms with Crippen LogP contribution in [-0.4, -0.2) is 22.1 Å². The molecule has 5 nitrogen and oxygen atoms in total. The summed E-state index contributed by atoms with van der Waals surface area (Å²) >= 11 is 0. The normalized spacial score (nSPS) is 21.9. The molecule has 2 heterocycles. The molecule has 0 fully saturated rings. The van der Waals surface area contributed by atoms with Gasteiger partial charge < -0.3 is 14.6 Å². The van der Waals surface area contributed by atoms with Crippen molar-refractivity contribution >= 4 is 16.8 Å². The maximum Gasteiger partial charge on any atom is 0.219 e. The minimum Gasteiger partial charge on any atom is -0.506 e. The van der Waals surface area contributed by atoms with Crippen molar-refractivity contribution in [1.29, 1.82) is 0 Å². The summed E-state index contributed by atoms with van der Waals surface area (Å²) in [5.74, 6) is 1.51. The van der Waals surface area contributed by atoms with Crippen molar-refractivity contribution in [3.63, 3.8) is 0 Å². The summed E-state index contributed by atoms with van der Waals surface area (Å²) in [7, 11) is 0. The largest absolute Gasteiger partial charge is 0.506 e. The van der Waals surface area contributed by atoms with Gasteiger partial charge in [-0.1, -0.05) is 42.5 Å². The summed E-state index contributed by atoms with van der Waals surface area (Å²) in [6.45, 7) is 0. The number of benzene rings is 3. The topological polar surface area (TPSA) is 63.9 Å². The van der Waals surface area contributed by atoms with Crippen molar-refractivity contribution in [1.82, 2.24) is 4.98 Å². The second kappa shape index (κ2) is 7.13. The minimum atomic E-state index is -1.46. The van der Waals surface area contributed by atoms with Crippen molar-refractivity contribution in [2.45, 2.75) is 24.9 Å². The molecule has 0 saturated carbocycles. The summed E-state index contributed by atoms with van der Waals surface area (Å²) < 4.78 is 29.0. The van der Waals surface area contributed by atoms with Gasteiger partial charge in [0.2, 0.25) is 11.8 Å². The first-order chi connectivity index (χ1) is 16.0. The van der Waals surface area contributed by atoms with Gasteiger partial charge in [-0.05, 0) is 54.3 Å². The molecule has 152 valence electrons. The van der Waals surface area contributed by atoms with Crippen LogP contribution in [0.15, 0.2) is 83.9 Å². The molecule has 0 radical (unpaired) electrons. The second-order valence-corrected chi connectivity index (χ2v) is 7.63. The molecule has 2 atom stereocenters. The third-order valence-electron chi connectivity index (χ3n) is 5.62. The van der Waals surface area contributed by atoms with Crippen LogP contribution in [0.3, 0.4) is 0 Å². The first kappa shape index (κ1) is 15.9. The fourth-order valence-electron chi connectivity index (χ4n) is 4.12. The predicted octanol–water partition coefficient (Wildman–Crippen LogP) is 5.57. The SMILES string of the molecule is [2H]C1([2H])C[C@@H]2OC(c3cccc(Oc4ccc5cccc(O)c5n4)c3)=N[C@H]2c2ccccc21. The number of phenols is 1. The highest BCUT2D eigenvalue weighted by Gasteiger charge is 2.36. The molecule has 1 aromatic heterocycles. The molecule has 5 heteroatoms. The molecule has 3 aromatic carbocycles. The second-order valence-electron chi connectivity index (χ2n) is 7.63. The fourth-order valence-corrected chi connectivity index (χ4v) is 4.12. The smallest absolute Gasteiger partial charge is 0.219 e. The van der Waals surface area contributed by atoms with Crippen LogP contribution >= 0.6 is 0 Å². The van der Waals surface area contributed by atoms with Crippen molar-refractivity contribution < 1.29 is 17.3 Å². The van der Waals surface area contributed by atoms with Gasteiger partial charge in [-0.2, -0.15) is 0 Å². The Morgan fingerprint density at radius 2 is 1.90 bits per heavy atom. The van der Waals surface area contributed by atoms with Crippen LogP contribution in [0, 0.1) is 0 Å². The Hall–Kier alpha value is -3.86. The van der Waals surface area contributed by atoms with Gasteiger partial charge >= 0.3 is 0 Å². The number of aromatic hydroxyl groups is 1. The number of aromatic nitrogens is 1. The number of ether oxygens (including phenoxy) is 2. The highest BCUT2D eigenvalue weighted by molar-refractivity contribution is 5.96.